The lowest BCUT2D eigenvalue weighted by molar-refractivity contribution is 0.0928. The Kier molecular flexibility index (Phi) is 5.80. The van der Waals surface area contributed by atoms with Crippen LogP contribution in [-0.2, 0) is 0 Å². The Labute approximate surface area is 114 Å². The fourth-order valence-corrected chi connectivity index (χ4v) is 1.85. The monoisotopic (exact) mass is 266 g/mol. The summed E-state index contributed by atoms with van der Waals surface area (Å²) in [6, 6.07) is 4.61. The van der Waals surface area contributed by atoms with E-state index >= 15 is 0 Å². The number of para-hydroxylation sites is 1. The van der Waals surface area contributed by atoms with E-state index in [0.717, 1.165) is 6.42 Å². The highest BCUT2D eigenvalue weighted by Gasteiger charge is 2.18. The molecule has 2 unspecified atom stereocenters. The zero-order valence-electron chi connectivity index (χ0n) is 12.1. The van der Waals surface area contributed by atoms with Crippen molar-refractivity contribution >= 4 is 11.6 Å². The van der Waals surface area contributed by atoms with Crippen molar-refractivity contribution in [3.05, 3.63) is 29.6 Å². The van der Waals surface area contributed by atoms with E-state index in [0.29, 0.717) is 18.0 Å². The summed E-state index contributed by atoms with van der Waals surface area (Å²) in [7, 11) is 0. The zero-order valence-corrected chi connectivity index (χ0v) is 12.1. The number of hydrogen-bond acceptors (Lipinski definition) is 2. The molecule has 3 nitrogen and oxygen atoms in total. The van der Waals surface area contributed by atoms with Gasteiger partial charge >= 0.3 is 0 Å². The first-order chi connectivity index (χ1) is 9.01. The Morgan fingerprint density at radius 1 is 1.32 bits per heavy atom. The summed E-state index contributed by atoms with van der Waals surface area (Å²) in [5.41, 5.74) is 0.635. The molecule has 4 heteroatoms. The molecule has 2 atom stereocenters. The third-order valence-electron chi connectivity index (χ3n) is 3.47. The largest absolute Gasteiger partial charge is 0.382 e. The Bertz CT molecular complexity index is 434. The van der Waals surface area contributed by atoms with Crippen LogP contribution in [0.2, 0.25) is 0 Å². The topological polar surface area (TPSA) is 41.1 Å². The highest BCUT2D eigenvalue weighted by molar-refractivity contribution is 5.99. The van der Waals surface area contributed by atoms with Gasteiger partial charge < -0.3 is 10.6 Å². The maximum atomic E-state index is 13.7. The molecule has 1 rings (SSSR count). The number of hydrogen-bond donors (Lipinski definition) is 2. The van der Waals surface area contributed by atoms with Crippen molar-refractivity contribution in [1.82, 2.24) is 5.32 Å². The van der Waals surface area contributed by atoms with Crippen molar-refractivity contribution in [3.8, 4) is 0 Å². The number of carbonyl (C=O) groups is 1. The number of nitrogens with one attached hydrogen (secondary N) is 2. The van der Waals surface area contributed by atoms with Gasteiger partial charge in [-0.25, -0.2) is 4.39 Å². The Balaban J connectivity index is 2.90. The van der Waals surface area contributed by atoms with Crippen molar-refractivity contribution in [2.24, 2.45) is 5.92 Å². The minimum absolute atomic E-state index is 0.0650. The van der Waals surface area contributed by atoms with Gasteiger partial charge in [-0.2, -0.15) is 0 Å². The quantitative estimate of drug-likeness (QED) is 0.828. The van der Waals surface area contributed by atoms with Crippen LogP contribution in [0.5, 0.6) is 0 Å². The maximum absolute atomic E-state index is 13.7. The second-order valence-corrected chi connectivity index (χ2v) is 4.84. The molecule has 0 aliphatic heterocycles. The van der Waals surface area contributed by atoms with Crippen LogP contribution in [0.3, 0.4) is 0 Å². The molecule has 1 aromatic carbocycles. The Morgan fingerprint density at radius 3 is 2.58 bits per heavy atom. The molecule has 0 radical (unpaired) electrons. The molecule has 0 saturated heterocycles. The molecule has 2 N–H and O–H groups in total. The summed E-state index contributed by atoms with van der Waals surface area (Å²) in [6.45, 7) is 8.58. The molecule has 0 spiro atoms. The SMILES string of the molecule is CCNc1c(F)cccc1C(=O)NC(C)C(C)CC. The highest BCUT2D eigenvalue weighted by Crippen LogP contribution is 2.20. The van der Waals surface area contributed by atoms with Gasteiger partial charge in [0.05, 0.1) is 11.3 Å². The molecule has 0 aromatic heterocycles. The predicted molar refractivity (Wildman–Crippen MR) is 76.9 cm³/mol. The summed E-state index contributed by atoms with van der Waals surface area (Å²) in [5, 5.41) is 5.83. The molecular weight excluding hydrogens is 243 g/mol. The number of anilines is 1. The lowest BCUT2D eigenvalue weighted by atomic mass is 10.0. The first-order valence-electron chi connectivity index (χ1n) is 6.84. The van der Waals surface area contributed by atoms with Crippen molar-refractivity contribution in [1.29, 1.82) is 0 Å². The average molecular weight is 266 g/mol. The van der Waals surface area contributed by atoms with Gasteiger partial charge in [0, 0.05) is 12.6 Å². The third kappa shape index (κ3) is 3.94. The predicted octanol–water partition coefficient (Wildman–Crippen LogP) is 3.42. The fraction of sp³-hybridized carbons (Fsp3) is 0.533. The van der Waals surface area contributed by atoms with Gasteiger partial charge in [-0.1, -0.05) is 26.3 Å². The summed E-state index contributed by atoms with van der Waals surface area (Å²) in [4.78, 5) is 12.2. The van der Waals surface area contributed by atoms with Gasteiger partial charge in [-0.15, -0.1) is 0 Å². The van der Waals surface area contributed by atoms with Crippen LogP contribution in [0.15, 0.2) is 18.2 Å². The number of halogens is 1. The van der Waals surface area contributed by atoms with Crippen LogP contribution in [-0.4, -0.2) is 18.5 Å². The molecule has 1 aromatic rings. The van der Waals surface area contributed by atoms with Gasteiger partial charge in [0.2, 0.25) is 0 Å². The van der Waals surface area contributed by atoms with E-state index in [2.05, 4.69) is 24.5 Å². The summed E-state index contributed by atoms with van der Waals surface area (Å²) < 4.78 is 13.7. The number of carbonyl (C=O) groups excluding carboxylic acids is 1. The lowest BCUT2D eigenvalue weighted by Crippen LogP contribution is -2.37. The minimum Gasteiger partial charge on any atom is -0.382 e. The molecule has 0 heterocycles. The van der Waals surface area contributed by atoms with Gasteiger partial charge in [0.15, 0.2) is 0 Å². The molecule has 0 fully saturated rings. The standard InChI is InChI=1S/C15H23FN2O/c1-5-10(3)11(4)18-15(19)12-8-7-9-13(16)14(12)17-6-2/h7-11,17H,5-6H2,1-4H3,(H,18,19). The molecule has 0 aliphatic rings. The van der Waals surface area contributed by atoms with E-state index in [9.17, 15) is 9.18 Å². The van der Waals surface area contributed by atoms with Crippen molar-refractivity contribution < 1.29 is 9.18 Å². The fourth-order valence-electron chi connectivity index (χ4n) is 1.85. The normalized spacial score (nSPS) is 13.7. The van der Waals surface area contributed by atoms with E-state index in [1.165, 1.54) is 6.07 Å². The van der Waals surface area contributed by atoms with Gasteiger partial charge in [0.25, 0.3) is 5.91 Å². The van der Waals surface area contributed by atoms with E-state index in [1.54, 1.807) is 12.1 Å². The van der Waals surface area contributed by atoms with Gasteiger partial charge in [-0.05, 0) is 31.9 Å². The van der Waals surface area contributed by atoms with E-state index < -0.39 is 5.82 Å². The van der Waals surface area contributed by atoms with Crippen molar-refractivity contribution in [3.63, 3.8) is 0 Å². The van der Waals surface area contributed by atoms with E-state index in [4.69, 9.17) is 0 Å². The molecule has 0 saturated carbocycles. The van der Waals surface area contributed by atoms with Crippen LogP contribution < -0.4 is 10.6 Å². The van der Waals surface area contributed by atoms with E-state index in [1.807, 2.05) is 13.8 Å². The molecule has 19 heavy (non-hydrogen) atoms. The molecule has 1 amide bonds. The molecule has 0 aliphatic carbocycles. The first-order valence-corrected chi connectivity index (χ1v) is 6.84. The summed E-state index contributed by atoms with van der Waals surface area (Å²) in [6.07, 6.45) is 0.991. The number of amides is 1. The zero-order chi connectivity index (χ0) is 14.4. The second kappa shape index (κ2) is 7.12. The van der Waals surface area contributed by atoms with Crippen LogP contribution in [0, 0.1) is 11.7 Å². The van der Waals surface area contributed by atoms with Gasteiger partial charge in [-0.3, -0.25) is 4.79 Å². The highest BCUT2D eigenvalue weighted by atomic mass is 19.1. The first kappa shape index (κ1) is 15.5. The lowest BCUT2D eigenvalue weighted by Gasteiger charge is -2.21. The van der Waals surface area contributed by atoms with Crippen LogP contribution in [0.25, 0.3) is 0 Å². The van der Waals surface area contributed by atoms with Gasteiger partial charge in [0.1, 0.15) is 5.82 Å². The number of benzene rings is 1. The Hall–Kier alpha value is -1.58. The Morgan fingerprint density at radius 2 is 2.00 bits per heavy atom. The minimum atomic E-state index is -0.398. The number of rotatable bonds is 6. The van der Waals surface area contributed by atoms with Crippen LogP contribution in [0.1, 0.15) is 44.5 Å². The second-order valence-electron chi connectivity index (χ2n) is 4.84. The van der Waals surface area contributed by atoms with Crippen LogP contribution >= 0.6 is 0 Å². The molecule has 0 bridgehead atoms. The molecule has 106 valence electrons. The third-order valence-corrected chi connectivity index (χ3v) is 3.47. The average Bonchev–Trinajstić information content (AvgIpc) is 2.40. The van der Waals surface area contributed by atoms with Crippen LogP contribution in [0.4, 0.5) is 10.1 Å². The smallest absolute Gasteiger partial charge is 0.253 e. The molecular formula is C15H23FN2O. The van der Waals surface area contributed by atoms with E-state index in [-0.39, 0.29) is 17.6 Å². The van der Waals surface area contributed by atoms with Crippen molar-refractivity contribution in [2.75, 3.05) is 11.9 Å². The summed E-state index contributed by atoms with van der Waals surface area (Å²) >= 11 is 0. The maximum Gasteiger partial charge on any atom is 0.253 e. The van der Waals surface area contributed by atoms with Crippen molar-refractivity contribution in [2.45, 2.75) is 40.2 Å². The summed E-state index contributed by atoms with van der Waals surface area (Å²) in [5.74, 6) is -0.242.